The minimum absolute atomic E-state index is 0.180. The van der Waals surface area contributed by atoms with Gasteiger partial charge in [0.1, 0.15) is 5.82 Å². The van der Waals surface area contributed by atoms with Gasteiger partial charge in [-0.1, -0.05) is 12.1 Å². The van der Waals surface area contributed by atoms with Gasteiger partial charge in [0.25, 0.3) is 0 Å². The molecule has 0 aliphatic rings. The number of carbonyl (C=O) groups excluding carboxylic acids is 1. The molecule has 0 heterocycles. The van der Waals surface area contributed by atoms with E-state index in [0.717, 1.165) is 18.6 Å². The van der Waals surface area contributed by atoms with Crippen LogP contribution in [0.2, 0.25) is 0 Å². The molecule has 0 atom stereocenters. The van der Waals surface area contributed by atoms with Crippen molar-refractivity contribution in [1.29, 1.82) is 0 Å². The fraction of sp³-hybridized carbons (Fsp3) is 0.417. The molecule has 0 spiro atoms. The first kappa shape index (κ1) is 13.0. The fourth-order valence-electron chi connectivity index (χ4n) is 1.22. The van der Waals surface area contributed by atoms with Gasteiger partial charge in [0.05, 0.1) is 7.11 Å². The number of esters is 1. The third-order valence-corrected chi connectivity index (χ3v) is 3.23. The molecule has 0 aromatic heterocycles. The molecular weight excluding hydrogens is 227 g/mol. The van der Waals surface area contributed by atoms with Gasteiger partial charge in [0, 0.05) is 11.3 Å². The minimum Gasteiger partial charge on any atom is -0.469 e. The second-order valence-electron chi connectivity index (χ2n) is 3.31. The monoisotopic (exact) mass is 242 g/mol. The van der Waals surface area contributed by atoms with E-state index in [1.165, 1.54) is 24.9 Å². The maximum absolute atomic E-state index is 13.2. The highest BCUT2D eigenvalue weighted by atomic mass is 32.2. The van der Waals surface area contributed by atoms with Gasteiger partial charge in [0.2, 0.25) is 0 Å². The van der Waals surface area contributed by atoms with Crippen LogP contribution in [-0.4, -0.2) is 18.8 Å². The Morgan fingerprint density at radius 1 is 1.38 bits per heavy atom. The van der Waals surface area contributed by atoms with Crippen molar-refractivity contribution in [2.24, 2.45) is 0 Å². The topological polar surface area (TPSA) is 26.3 Å². The average Bonchev–Trinajstić information content (AvgIpc) is 2.30. The number of rotatable bonds is 6. The first-order valence-electron chi connectivity index (χ1n) is 5.18. The molecule has 0 N–H and O–H groups in total. The van der Waals surface area contributed by atoms with Crippen LogP contribution in [0.25, 0.3) is 0 Å². The summed E-state index contributed by atoms with van der Waals surface area (Å²) in [7, 11) is 1.39. The van der Waals surface area contributed by atoms with Crippen LogP contribution in [0.1, 0.15) is 19.3 Å². The zero-order chi connectivity index (χ0) is 11.8. The van der Waals surface area contributed by atoms with Gasteiger partial charge in [-0.25, -0.2) is 4.39 Å². The molecule has 16 heavy (non-hydrogen) atoms. The molecular formula is C12H15FO2S. The Morgan fingerprint density at radius 2 is 2.12 bits per heavy atom. The minimum atomic E-state index is -0.184. The van der Waals surface area contributed by atoms with Gasteiger partial charge in [0.15, 0.2) is 0 Å². The third-order valence-electron chi connectivity index (χ3n) is 2.10. The van der Waals surface area contributed by atoms with E-state index < -0.39 is 0 Å². The maximum atomic E-state index is 13.2. The van der Waals surface area contributed by atoms with E-state index >= 15 is 0 Å². The predicted octanol–water partition coefficient (Wildman–Crippen LogP) is 3.26. The highest BCUT2D eigenvalue weighted by Gasteiger charge is 2.02. The Hall–Kier alpha value is -1.03. The van der Waals surface area contributed by atoms with Crippen LogP contribution >= 0.6 is 11.8 Å². The molecule has 0 bridgehead atoms. The Morgan fingerprint density at radius 3 is 2.81 bits per heavy atom. The summed E-state index contributed by atoms with van der Waals surface area (Å²) >= 11 is 1.48. The lowest BCUT2D eigenvalue weighted by Crippen LogP contribution is -1.99. The SMILES string of the molecule is COC(=O)CCCCSc1ccccc1F. The summed E-state index contributed by atoms with van der Waals surface area (Å²) < 4.78 is 17.7. The largest absolute Gasteiger partial charge is 0.469 e. The first-order valence-corrected chi connectivity index (χ1v) is 6.16. The number of hydrogen-bond acceptors (Lipinski definition) is 3. The molecule has 0 unspecified atom stereocenters. The smallest absolute Gasteiger partial charge is 0.305 e. The molecule has 0 saturated carbocycles. The molecule has 2 nitrogen and oxygen atoms in total. The van der Waals surface area contributed by atoms with Crippen molar-refractivity contribution in [3.63, 3.8) is 0 Å². The van der Waals surface area contributed by atoms with Gasteiger partial charge in [-0.2, -0.15) is 0 Å². The van der Waals surface area contributed by atoms with E-state index in [-0.39, 0.29) is 11.8 Å². The predicted molar refractivity (Wildman–Crippen MR) is 63.0 cm³/mol. The van der Waals surface area contributed by atoms with Crippen LogP contribution < -0.4 is 0 Å². The Bertz CT molecular complexity index is 342. The second-order valence-corrected chi connectivity index (χ2v) is 4.45. The molecule has 1 aromatic carbocycles. The lowest BCUT2D eigenvalue weighted by molar-refractivity contribution is -0.140. The van der Waals surface area contributed by atoms with Crippen LogP contribution in [0.5, 0.6) is 0 Å². The Balaban J connectivity index is 2.17. The highest BCUT2D eigenvalue weighted by molar-refractivity contribution is 7.99. The van der Waals surface area contributed by atoms with Crippen LogP contribution in [0.3, 0.4) is 0 Å². The normalized spacial score (nSPS) is 10.1. The van der Waals surface area contributed by atoms with E-state index in [9.17, 15) is 9.18 Å². The second kappa shape index (κ2) is 7.28. The fourth-order valence-corrected chi connectivity index (χ4v) is 2.17. The summed E-state index contributed by atoms with van der Waals surface area (Å²) in [5, 5.41) is 0. The summed E-state index contributed by atoms with van der Waals surface area (Å²) in [6, 6.07) is 6.72. The van der Waals surface area contributed by atoms with Gasteiger partial charge in [-0.15, -0.1) is 11.8 Å². The van der Waals surface area contributed by atoms with Crippen molar-refractivity contribution >= 4 is 17.7 Å². The van der Waals surface area contributed by atoms with E-state index in [2.05, 4.69) is 4.74 Å². The van der Waals surface area contributed by atoms with Crippen LogP contribution in [0.15, 0.2) is 29.2 Å². The van der Waals surface area contributed by atoms with E-state index in [1.807, 2.05) is 6.07 Å². The standard InChI is InChI=1S/C12H15FO2S/c1-15-12(14)8-4-5-9-16-11-7-3-2-6-10(11)13/h2-3,6-7H,4-5,8-9H2,1H3. The Labute approximate surface area is 99.2 Å². The van der Waals surface area contributed by atoms with E-state index in [0.29, 0.717) is 11.3 Å². The van der Waals surface area contributed by atoms with Gasteiger partial charge >= 0.3 is 5.97 Å². The van der Waals surface area contributed by atoms with Crippen LogP contribution in [0.4, 0.5) is 4.39 Å². The lowest BCUT2D eigenvalue weighted by Gasteiger charge is -2.02. The number of carbonyl (C=O) groups is 1. The molecule has 0 saturated heterocycles. The molecule has 4 heteroatoms. The van der Waals surface area contributed by atoms with Crippen LogP contribution in [0, 0.1) is 5.82 Å². The summed E-state index contributed by atoms with van der Waals surface area (Å²) in [5.41, 5.74) is 0. The maximum Gasteiger partial charge on any atom is 0.305 e. The quantitative estimate of drug-likeness (QED) is 0.435. The molecule has 0 aliphatic heterocycles. The van der Waals surface area contributed by atoms with Crippen molar-refractivity contribution < 1.29 is 13.9 Å². The highest BCUT2D eigenvalue weighted by Crippen LogP contribution is 2.22. The third kappa shape index (κ3) is 4.66. The van der Waals surface area contributed by atoms with Crippen molar-refractivity contribution in [3.05, 3.63) is 30.1 Å². The van der Waals surface area contributed by atoms with Crippen molar-refractivity contribution in [2.75, 3.05) is 12.9 Å². The van der Waals surface area contributed by atoms with Gasteiger partial charge in [-0.05, 0) is 30.7 Å². The van der Waals surface area contributed by atoms with E-state index in [4.69, 9.17) is 0 Å². The molecule has 1 rings (SSSR count). The zero-order valence-electron chi connectivity index (χ0n) is 9.24. The molecule has 0 amide bonds. The lowest BCUT2D eigenvalue weighted by atomic mass is 10.2. The number of benzene rings is 1. The van der Waals surface area contributed by atoms with Gasteiger partial charge in [-0.3, -0.25) is 4.79 Å². The molecule has 1 aromatic rings. The number of methoxy groups -OCH3 is 1. The number of hydrogen-bond donors (Lipinski definition) is 0. The molecule has 0 aliphatic carbocycles. The van der Waals surface area contributed by atoms with Crippen molar-refractivity contribution in [3.8, 4) is 0 Å². The van der Waals surface area contributed by atoms with E-state index in [1.54, 1.807) is 12.1 Å². The summed E-state index contributed by atoms with van der Waals surface area (Å²) in [4.78, 5) is 11.5. The van der Waals surface area contributed by atoms with Crippen molar-refractivity contribution in [2.45, 2.75) is 24.2 Å². The molecule has 88 valence electrons. The summed E-state index contributed by atoms with van der Waals surface area (Å²) in [5.74, 6) is 0.453. The Kier molecular flexibility index (Phi) is 5.93. The first-order chi connectivity index (χ1) is 7.74. The number of halogens is 1. The molecule has 0 fully saturated rings. The number of ether oxygens (including phenoxy) is 1. The number of thioether (sulfide) groups is 1. The van der Waals surface area contributed by atoms with Gasteiger partial charge < -0.3 is 4.74 Å². The summed E-state index contributed by atoms with van der Waals surface area (Å²) in [6.45, 7) is 0. The average molecular weight is 242 g/mol. The summed E-state index contributed by atoms with van der Waals surface area (Å²) in [6.07, 6.45) is 2.11. The van der Waals surface area contributed by atoms with Crippen LogP contribution in [-0.2, 0) is 9.53 Å². The van der Waals surface area contributed by atoms with Crippen molar-refractivity contribution in [1.82, 2.24) is 0 Å². The molecule has 0 radical (unpaired) electrons. The number of unbranched alkanes of at least 4 members (excludes halogenated alkanes) is 1. The zero-order valence-corrected chi connectivity index (χ0v) is 10.1.